The lowest BCUT2D eigenvalue weighted by atomic mass is 9.96. The number of ether oxygens (including phenoxy) is 1. The molecular formula is C13H27NO. The van der Waals surface area contributed by atoms with Gasteiger partial charge in [0, 0.05) is 19.2 Å². The van der Waals surface area contributed by atoms with Gasteiger partial charge in [0.2, 0.25) is 0 Å². The predicted octanol–water partition coefficient (Wildman–Crippen LogP) is 2.97. The van der Waals surface area contributed by atoms with Gasteiger partial charge < -0.3 is 10.1 Å². The van der Waals surface area contributed by atoms with Crippen molar-refractivity contribution in [2.45, 2.75) is 64.5 Å². The summed E-state index contributed by atoms with van der Waals surface area (Å²) in [6, 6.07) is 1.26. The zero-order valence-electron chi connectivity index (χ0n) is 10.6. The lowest BCUT2D eigenvalue weighted by Gasteiger charge is -2.28. The molecule has 0 aromatic heterocycles. The molecule has 2 heteroatoms. The third kappa shape index (κ3) is 4.52. The summed E-state index contributed by atoms with van der Waals surface area (Å²) in [7, 11) is 1.79. The fraction of sp³-hybridized carbons (Fsp3) is 1.00. The molecule has 90 valence electrons. The van der Waals surface area contributed by atoms with Gasteiger partial charge in [0.25, 0.3) is 0 Å². The van der Waals surface area contributed by atoms with Crippen molar-refractivity contribution in [1.29, 1.82) is 0 Å². The van der Waals surface area contributed by atoms with Gasteiger partial charge in [-0.15, -0.1) is 0 Å². The first kappa shape index (κ1) is 13.0. The lowest BCUT2D eigenvalue weighted by molar-refractivity contribution is 0.151. The van der Waals surface area contributed by atoms with E-state index in [-0.39, 0.29) is 0 Å². The van der Waals surface area contributed by atoms with Crippen LogP contribution in [-0.2, 0) is 4.74 Å². The number of rotatable bonds is 5. The minimum atomic E-state index is 0.542. The van der Waals surface area contributed by atoms with Crippen LogP contribution in [-0.4, -0.2) is 25.8 Å². The van der Waals surface area contributed by atoms with E-state index in [9.17, 15) is 0 Å². The Morgan fingerprint density at radius 1 is 1.27 bits per heavy atom. The first-order valence-electron chi connectivity index (χ1n) is 6.53. The maximum atomic E-state index is 5.24. The second kappa shape index (κ2) is 7.24. The van der Waals surface area contributed by atoms with Gasteiger partial charge in [0.15, 0.2) is 0 Å². The number of methoxy groups -OCH3 is 1. The number of nitrogens with one attached hydrogen (secondary N) is 1. The standard InChI is InChI=1S/C13H27NO/c1-4-12(10-15-3)14-13-9-7-5-6-8-11(13)2/h11-14H,4-10H2,1-3H3. The minimum Gasteiger partial charge on any atom is -0.383 e. The van der Waals surface area contributed by atoms with E-state index in [0.29, 0.717) is 12.1 Å². The van der Waals surface area contributed by atoms with Crippen molar-refractivity contribution in [2.75, 3.05) is 13.7 Å². The largest absolute Gasteiger partial charge is 0.383 e. The molecule has 0 saturated heterocycles. The van der Waals surface area contributed by atoms with Crippen LogP contribution in [0.15, 0.2) is 0 Å². The minimum absolute atomic E-state index is 0.542. The highest BCUT2D eigenvalue weighted by Crippen LogP contribution is 2.23. The molecule has 0 radical (unpaired) electrons. The van der Waals surface area contributed by atoms with Crippen LogP contribution in [0, 0.1) is 5.92 Å². The fourth-order valence-electron chi connectivity index (χ4n) is 2.53. The smallest absolute Gasteiger partial charge is 0.0615 e. The Balaban J connectivity index is 2.38. The van der Waals surface area contributed by atoms with E-state index in [4.69, 9.17) is 4.74 Å². The first-order chi connectivity index (χ1) is 7.27. The second-order valence-corrected chi connectivity index (χ2v) is 4.95. The molecule has 1 fully saturated rings. The Hall–Kier alpha value is -0.0800. The Morgan fingerprint density at radius 2 is 2.00 bits per heavy atom. The highest BCUT2D eigenvalue weighted by atomic mass is 16.5. The SMILES string of the molecule is CCC(COC)NC1CCCCCC1C. The van der Waals surface area contributed by atoms with Crippen molar-refractivity contribution in [3.05, 3.63) is 0 Å². The molecule has 0 aromatic carbocycles. The predicted molar refractivity (Wildman–Crippen MR) is 65.1 cm³/mol. The number of hydrogen-bond acceptors (Lipinski definition) is 2. The summed E-state index contributed by atoms with van der Waals surface area (Å²) in [6.45, 7) is 5.47. The van der Waals surface area contributed by atoms with Gasteiger partial charge >= 0.3 is 0 Å². The van der Waals surface area contributed by atoms with Gasteiger partial charge in [0.05, 0.1) is 6.61 Å². The maximum absolute atomic E-state index is 5.24. The molecule has 3 atom stereocenters. The van der Waals surface area contributed by atoms with E-state index >= 15 is 0 Å². The molecule has 0 aliphatic heterocycles. The van der Waals surface area contributed by atoms with Gasteiger partial charge in [0.1, 0.15) is 0 Å². The van der Waals surface area contributed by atoms with Gasteiger partial charge in [-0.2, -0.15) is 0 Å². The maximum Gasteiger partial charge on any atom is 0.0615 e. The van der Waals surface area contributed by atoms with E-state index in [1.807, 2.05) is 0 Å². The molecule has 0 aromatic rings. The average Bonchev–Trinajstić information content (AvgIpc) is 2.43. The molecule has 1 rings (SSSR count). The molecule has 1 aliphatic rings. The van der Waals surface area contributed by atoms with Crippen molar-refractivity contribution in [3.63, 3.8) is 0 Å². The molecule has 0 heterocycles. The summed E-state index contributed by atoms with van der Waals surface area (Å²) < 4.78 is 5.24. The van der Waals surface area contributed by atoms with E-state index in [1.54, 1.807) is 7.11 Å². The Labute approximate surface area is 94.8 Å². The molecule has 3 unspecified atom stereocenters. The van der Waals surface area contributed by atoms with E-state index in [2.05, 4.69) is 19.2 Å². The lowest BCUT2D eigenvalue weighted by Crippen LogP contribution is -2.43. The Kier molecular flexibility index (Phi) is 6.26. The zero-order valence-corrected chi connectivity index (χ0v) is 10.6. The summed E-state index contributed by atoms with van der Waals surface area (Å²) in [4.78, 5) is 0. The van der Waals surface area contributed by atoms with Crippen molar-refractivity contribution in [3.8, 4) is 0 Å². The molecule has 0 bridgehead atoms. The van der Waals surface area contributed by atoms with Crippen molar-refractivity contribution in [1.82, 2.24) is 5.32 Å². The van der Waals surface area contributed by atoms with Crippen LogP contribution in [0.25, 0.3) is 0 Å². The number of hydrogen-bond donors (Lipinski definition) is 1. The summed E-state index contributed by atoms with van der Waals surface area (Å²) in [5.74, 6) is 0.832. The second-order valence-electron chi connectivity index (χ2n) is 4.95. The van der Waals surface area contributed by atoms with E-state index in [0.717, 1.165) is 18.9 Å². The summed E-state index contributed by atoms with van der Waals surface area (Å²) in [5.41, 5.74) is 0. The summed E-state index contributed by atoms with van der Waals surface area (Å²) in [5, 5.41) is 3.77. The van der Waals surface area contributed by atoms with E-state index < -0.39 is 0 Å². The third-order valence-corrected chi connectivity index (χ3v) is 3.67. The normalized spacial score (nSPS) is 29.8. The van der Waals surface area contributed by atoms with Crippen LogP contribution in [0.4, 0.5) is 0 Å². The summed E-state index contributed by atoms with van der Waals surface area (Å²) in [6.07, 6.45) is 8.13. The molecule has 1 N–H and O–H groups in total. The molecular weight excluding hydrogens is 186 g/mol. The van der Waals surface area contributed by atoms with Crippen LogP contribution in [0.3, 0.4) is 0 Å². The molecule has 1 saturated carbocycles. The zero-order chi connectivity index (χ0) is 11.1. The van der Waals surface area contributed by atoms with Gasteiger partial charge in [-0.3, -0.25) is 0 Å². The first-order valence-corrected chi connectivity index (χ1v) is 6.53. The molecule has 0 amide bonds. The quantitative estimate of drug-likeness (QED) is 0.709. The van der Waals surface area contributed by atoms with Crippen LogP contribution < -0.4 is 5.32 Å². The molecule has 0 spiro atoms. The van der Waals surface area contributed by atoms with Crippen molar-refractivity contribution < 1.29 is 4.74 Å². The van der Waals surface area contributed by atoms with E-state index in [1.165, 1.54) is 32.1 Å². The monoisotopic (exact) mass is 213 g/mol. The molecule has 1 aliphatic carbocycles. The highest BCUT2D eigenvalue weighted by molar-refractivity contribution is 4.80. The highest BCUT2D eigenvalue weighted by Gasteiger charge is 2.21. The third-order valence-electron chi connectivity index (χ3n) is 3.67. The van der Waals surface area contributed by atoms with Crippen LogP contribution >= 0.6 is 0 Å². The van der Waals surface area contributed by atoms with Crippen LogP contribution in [0.2, 0.25) is 0 Å². The van der Waals surface area contributed by atoms with Crippen LogP contribution in [0.1, 0.15) is 52.4 Å². The fourth-order valence-corrected chi connectivity index (χ4v) is 2.53. The van der Waals surface area contributed by atoms with Gasteiger partial charge in [-0.05, 0) is 25.2 Å². The Bertz CT molecular complexity index is 161. The van der Waals surface area contributed by atoms with Gasteiger partial charge in [-0.1, -0.05) is 33.1 Å². The summed E-state index contributed by atoms with van der Waals surface area (Å²) >= 11 is 0. The van der Waals surface area contributed by atoms with Gasteiger partial charge in [-0.25, -0.2) is 0 Å². The average molecular weight is 213 g/mol. The van der Waals surface area contributed by atoms with Crippen molar-refractivity contribution >= 4 is 0 Å². The van der Waals surface area contributed by atoms with Crippen molar-refractivity contribution in [2.24, 2.45) is 5.92 Å². The van der Waals surface area contributed by atoms with Crippen LogP contribution in [0.5, 0.6) is 0 Å². The molecule has 2 nitrogen and oxygen atoms in total. The topological polar surface area (TPSA) is 21.3 Å². The Morgan fingerprint density at radius 3 is 2.67 bits per heavy atom. The molecule has 15 heavy (non-hydrogen) atoms.